The van der Waals surface area contributed by atoms with Gasteiger partial charge in [0, 0.05) is 24.5 Å². The molecule has 0 aliphatic carbocycles. The molecule has 1 fully saturated rings. The zero-order valence-electron chi connectivity index (χ0n) is 13.1. The van der Waals surface area contributed by atoms with Gasteiger partial charge in [0.15, 0.2) is 0 Å². The van der Waals surface area contributed by atoms with Gasteiger partial charge in [-0.15, -0.1) is 0 Å². The van der Waals surface area contributed by atoms with Crippen LogP contribution in [0.1, 0.15) is 28.8 Å². The summed E-state index contributed by atoms with van der Waals surface area (Å²) in [7, 11) is 3.53. The highest BCUT2D eigenvalue weighted by Gasteiger charge is 2.18. The molecule has 0 saturated carbocycles. The van der Waals surface area contributed by atoms with Crippen molar-refractivity contribution >= 4 is 17.3 Å². The first-order chi connectivity index (χ1) is 10.0. The fourth-order valence-electron chi connectivity index (χ4n) is 2.88. The summed E-state index contributed by atoms with van der Waals surface area (Å²) in [4.78, 5) is 14.1. The molecule has 1 aromatic rings. The first-order valence-electron chi connectivity index (χ1n) is 7.42. The van der Waals surface area contributed by atoms with Crippen LogP contribution in [0, 0.1) is 12.8 Å². The maximum atomic E-state index is 11.8. The Labute approximate surface area is 126 Å². The van der Waals surface area contributed by atoms with Gasteiger partial charge < -0.3 is 20.7 Å². The number of aryl methyl sites for hydroxylation is 1. The van der Waals surface area contributed by atoms with Gasteiger partial charge in [-0.05, 0) is 57.0 Å². The Bertz CT molecular complexity index is 516. The number of rotatable bonds is 4. The maximum absolute atomic E-state index is 11.8. The molecule has 116 valence electrons. The first kappa shape index (κ1) is 15.6. The number of esters is 1. The van der Waals surface area contributed by atoms with Crippen LogP contribution < -0.4 is 11.1 Å². The summed E-state index contributed by atoms with van der Waals surface area (Å²) in [5.41, 5.74) is 8.69. The summed E-state index contributed by atoms with van der Waals surface area (Å²) in [5, 5.41) is 3.43. The van der Waals surface area contributed by atoms with Gasteiger partial charge >= 0.3 is 5.97 Å². The van der Waals surface area contributed by atoms with E-state index in [1.807, 2.05) is 13.0 Å². The average Bonchev–Trinajstić information content (AvgIpc) is 2.47. The van der Waals surface area contributed by atoms with E-state index in [1.54, 1.807) is 6.07 Å². The number of hydrogen-bond acceptors (Lipinski definition) is 5. The molecule has 5 heteroatoms. The number of hydrogen-bond donors (Lipinski definition) is 2. The highest BCUT2D eigenvalue weighted by atomic mass is 16.5. The number of carbonyl (C=O) groups excluding carboxylic acids is 1. The SMILES string of the molecule is COC(=O)c1cc(NCC2CCCN(C)C2)cc(C)c1N. The van der Waals surface area contributed by atoms with Gasteiger partial charge in [0.1, 0.15) is 0 Å². The van der Waals surface area contributed by atoms with Gasteiger partial charge in [-0.25, -0.2) is 4.79 Å². The fourth-order valence-corrected chi connectivity index (χ4v) is 2.88. The molecule has 0 bridgehead atoms. The lowest BCUT2D eigenvalue weighted by Gasteiger charge is -2.30. The number of benzene rings is 1. The normalized spacial score (nSPS) is 19.3. The van der Waals surface area contributed by atoms with Crippen LogP contribution in [-0.4, -0.2) is 44.7 Å². The molecule has 0 aromatic heterocycles. The molecule has 3 N–H and O–H groups in total. The smallest absolute Gasteiger partial charge is 0.340 e. The number of nitrogens with two attached hydrogens (primary N) is 1. The summed E-state index contributed by atoms with van der Waals surface area (Å²) < 4.78 is 4.78. The monoisotopic (exact) mass is 291 g/mol. The number of nitrogen functional groups attached to an aromatic ring is 1. The molecule has 1 aliphatic heterocycles. The summed E-state index contributed by atoms with van der Waals surface area (Å²) in [5.74, 6) is 0.250. The topological polar surface area (TPSA) is 67.6 Å². The van der Waals surface area contributed by atoms with Crippen molar-refractivity contribution in [3.8, 4) is 0 Å². The van der Waals surface area contributed by atoms with Crippen LogP contribution in [-0.2, 0) is 4.74 Å². The molecule has 1 saturated heterocycles. The Kier molecular flexibility index (Phi) is 5.07. The highest BCUT2D eigenvalue weighted by molar-refractivity contribution is 5.97. The van der Waals surface area contributed by atoms with Crippen molar-refractivity contribution in [2.24, 2.45) is 5.92 Å². The maximum Gasteiger partial charge on any atom is 0.340 e. The molecule has 1 aliphatic rings. The summed E-state index contributed by atoms with van der Waals surface area (Å²) in [6, 6.07) is 3.76. The number of piperidine rings is 1. The first-order valence-corrected chi connectivity index (χ1v) is 7.42. The van der Waals surface area contributed by atoms with Gasteiger partial charge in [0.2, 0.25) is 0 Å². The Morgan fingerprint density at radius 2 is 2.29 bits per heavy atom. The molecule has 21 heavy (non-hydrogen) atoms. The van der Waals surface area contributed by atoms with E-state index in [2.05, 4.69) is 17.3 Å². The third-order valence-corrected chi connectivity index (χ3v) is 4.11. The quantitative estimate of drug-likeness (QED) is 0.657. The molecule has 2 rings (SSSR count). The zero-order valence-corrected chi connectivity index (χ0v) is 13.1. The van der Waals surface area contributed by atoms with Gasteiger partial charge in [-0.3, -0.25) is 0 Å². The van der Waals surface area contributed by atoms with Crippen molar-refractivity contribution in [2.75, 3.05) is 44.8 Å². The van der Waals surface area contributed by atoms with E-state index in [9.17, 15) is 4.79 Å². The van der Waals surface area contributed by atoms with E-state index in [1.165, 1.54) is 26.5 Å². The predicted molar refractivity (Wildman–Crippen MR) is 85.6 cm³/mol. The molecule has 0 radical (unpaired) electrons. The van der Waals surface area contributed by atoms with Crippen LogP contribution in [0.4, 0.5) is 11.4 Å². The van der Waals surface area contributed by atoms with E-state index >= 15 is 0 Å². The van der Waals surface area contributed by atoms with Gasteiger partial charge in [0.05, 0.1) is 12.7 Å². The van der Waals surface area contributed by atoms with Crippen LogP contribution in [0.15, 0.2) is 12.1 Å². The minimum Gasteiger partial charge on any atom is -0.465 e. The summed E-state index contributed by atoms with van der Waals surface area (Å²) >= 11 is 0. The van der Waals surface area contributed by atoms with Crippen LogP contribution in [0.25, 0.3) is 0 Å². The van der Waals surface area contributed by atoms with Crippen molar-refractivity contribution in [2.45, 2.75) is 19.8 Å². The number of methoxy groups -OCH3 is 1. The number of ether oxygens (including phenoxy) is 1. The largest absolute Gasteiger partial charge is 0.465 e. The molecule has 1 atom stereocenters. The van der Waals surface area contributed by atoms with Gasteiger partial charge in [-0.1, -0.05) is 0 Å². The van der Waals surface area contributed by atoms with Crippen molar-refractivity contribution in [1.82, 2.24) is 4.90 Å². The Morgan fingerprint density at radius 1 is 1.52 bits per heavy atom. The summed E-state index contributed by atoms with van der Waals surface area (Å²) in [6.07, 6.45) is 2.49. The molecular weight excluding hydrogens is 266 g/mol. The lowest BCUT2D eigenvalue weighted by molar-refractivity contribution is 0.0602. The molecule has 0 spiro atoms. The molecule has 1 aromatic carbocycles. The van der Waals surface area contributed by atoms with Crippen LogP contribution in [0.5, 0.6) is 0 Å². The van der Waals surface area contributed by atoms with Crippen LogP contribution in [0.2, 0.25) is 0 Å². The van der Waals surface area contributed by atoms with E-state index < -0.39 is 5.97 Å². The Hall–Kier alpha value is -1.75. The van der Waals surface area contributed by atoms with Gasteiger partial charge in [-0.2, -0.15) is 0 Å². The Balaban J connectivity index is 2.06. The molecule has 1 heterocycles. The summed E-state index contributed by atoms with van der Waals surface area (Å²) in [6.45, 7) is 5.12. The lowest BCUT2D eigenvalue weighted by atomic mass is 9.98. The molecular formula is C16H25N3O2. The Morgan fingerprint density at radius 3 is 2.95 bits per heavy atom. The van der Waals surface area contributed by atoms with Crippen LogP contribution >= 0.6 is 0 Å². The van der Waals surface area contributed by atoms with Crippen molar-refractivity contribution < 1.29 is 9.53 Å². The molecule has 5 nitrogen and oxygen atoms in total. The zero-order chi connectivity index (χ0) is 15.4. The predicted octanol–water partition coefficient (Wildman–Crippen LogP) is 2.12. The third kappa shape index (κ3) is 3.88. The molecule has 1 unspecified atom stereocenters. The number of carbonyl (C=O) groups is 1. The second-order valence-corrected chi connectivity index (χ2v) is 5.90. The standard InChI is InChI=1S/C16H25N3O2/c1-11-7-13(8-14(15(11)17)16(20)21-3)18-9-12-5-4-6-19(2)10-12/h7-8,12,18H,4-6,9-10,17H2,1-3H3. The van der Waals surface area contributed by atoms with E-state index in [0.29, 0.717) is 17.2 Å². The second-order valence-electron chi connectivity index (χ2n) is 5.90. The average molecular weight is 291 g/mol. The number of anilines is 2. The second kappa shape index (κ2) is 6.80. The van der Waals surface area contributed by atoms with Crippen molar-refractivity contribution in [3.63, 3.8) is 0 Å². The fraction of sp³-hybridized carbons (Fsp3) is 0.562. The number of nitrogens with zero attached hydrogens (tertiary/aromatic N) is 1. The minimum atomic E-state index is -0.392. The lowest BCUT2D eigenvalue weighted by Crippen LogP contribution is -2.35. The number of nitrogens with one attached hydrogen (secondary N) is 1. The highest BCUT2D eigenvalue weighted by Crippen LogP contribution is 2.24. The third-order valence-electron chi connectivity index (χ3n) is 4.11. The van der Waals surface area contributed by atoms with Crippen molar-refractivity contribution in [1.29, 1.82) is 0 Å². The molecule has 0 amide bonds. The minimum absolute atomic E-state index is 0.392. The van der Waals surface area contributed by atoms with Gasteiger partial charge in [0.25, 0.3) is 0 Å². The van der Waals surface area contributed by atoms with E-state index in [-0.39, 0.29) is 0 Å². The van der Waals surface area contributed by atoms with Crippen LogP contribution in [0.3, 0.4) is 0 Å². The van der Waals surface area contributed by atoms with E-state index in [0.717, 1.165) is 24.3 Å². The van der Waals surface area contributed by atoms with Crippen molar-refractivity contribution in [3.05, 3.63) is 23.3 Å². The van der Waals surface area contributed by atoms with E-state index in [4.69, 9.17) is 10.5 Å². The number of likely N-dealkylation sites (tertiary alicyclic amines) is 1.